The number of hydrogen-bond donors (Lipinski definition) is 2. The van der Waals surface area contributed by atoms with Crippen LogP contribution in [0.4, 0.5) is 4.39 Å². The molecule has 0 spiro atoms. The normalized spacial score (nSPS) is 11.5. The third-order valence-electron chi connectivity index (χ3n) is 3.71. The van der Waals surface area contributed by atoms with Crippen molar-refractivity contribution < 1.29 is 4.39 Å². The van der Waals surface area contributed by atoms with E-state index < -0.39 is 0 Å². The maximum Gasteiger partial charge on any atom is 0.188 e. The van der Waals surface area contributed by atoms with E-state index in [-0.39, 0.29) is 5.82 Å². The Morgan fingerprint density at radius 1 is 1.08 bits per heavy atom. The SMILES string of the molecule is NC(=NCc1ccn(-c2ccc(F)cc2)n1)NCCc1ccccc1. The van der Waals surface area contributed by atoms with Gasteiger partial charge in [-0.2, -0.15) is 5.10 Å². The first kappa shape index (κ1) is 16.7. The summed E-state index contributed by atoms with van der Waals surface area (Å²) in [4.78, 5) is 4.29. The molecule has 0 aliphatic carbocycles. The molecular weight excluding hydrogens is 317 g/mol. The predicted octanol–water partition coefficient (Wildman–Crippen LogP) is 2.66. The molecule has 1 aromatic heterocycles. The van der Waals surface area contributed by atoms with Crippen molar-refractivity contribution in [3.8, 4) is 5.69 Å². The number of hydrogen-bond acceptors (Lipinski definition) is 2. The van der Waals surface area contributed by atoms with E-state index in [1.54, 1.807) is 16.8 Å². The van der Waals surface area contributed by atoms with Crippen LogP contribution in [-0.2, 0) is 13.0 Å². The van der Waals surface area contributed by atoms with Gasteiger partial charge in [-0.15, -0.1) is 0 Å². The number of nitrogens with zero attached hydrogens (tertiary/aromatic N) is 3. The van der Waals surface area contributed by atoms with Crippen LogP contribution in [0.2, 0.25) is 0 Å². The van der Waals surface area contributed by atoms with E-state index in [9.17, 15) is 4.39 Å². The molecule has 3 rings (SSSR count). The van der Waals surface area contributed by atoms with Crippen LogP contribution in [0.3, 0.4) is 0 Å². The van der Waals surface area contributed by atoms with Crippen molar-refractivity contribution in [1.29, 1.82) is 0 Å². The lowest BCUT2D eigenvalue weighted by molar-refractivity contribution is 0.627. The van der Waals surface area contributed by atoms with Crippen molar-refractivity contribution in [3.63, 3.8) is 0 Å². The van der Waals surface area contributed by atoms with Crippen LogP contribution in [0.15, 0.2) is 71.9 Å². The Morgan fingerprint density at radius 2 is 1.84 bits per heavy atom. The van der Waals surface area contributed by atoms with Crippen molar-refractivity contribution in [2.75, 3.05) is 6.54 Å². The molecule has 0 aliphatic rings. The molecule has 6 heteroatoms. The minimum absolute atomic E-state index is 0.268. The van der Waals surface area contributed by atoms with Crippen molar-refractivity contribution in [3.05, 3.63) is 83.9 Å². The summed E-state index contributed by atoms with van der Waals surface area (Å²) >= 11 is 0. The topological polar surface area (TPSA) is 68.2 Å². The highest BCUT2D eigenvalue weighted by Gasteiger charge is 2.02. The number of rotatable bonds is 6. The summed E-state index contributed by atoms with van der Waals surface area (Å²) in [5, 5.41) is 7.51. The van der Waals surface area contributed by atoms with Crippen LogP contribution in [0.1, 0.15) is 11.3 Å². The molecule has 0 amide bonds. The number of benzene rings is 2. The fourth-order valence-electron chi connectivity index (χ4n) is 2.39. The highest BCUT2D eigenvalue weighted by Crippen LogP contribution is 2.09. The number of nitrogens with two attached hydrogens (primary N) is 1. The maximum atomic E-state index is 13.0. The fraction of sp³-hybridized carbons (Fsp3) is 0.158. The van der Waals surface area contributed by atoms with E-state index in [4.69, 9.17) is 5.73 Å². The molecule has 0 saturated heterocycles. The Morgan fingerprint density at radius 3 is 2.60 bits per heavy atom. The van der Waals surface area contributed by atoms with Crippen LogP contribution in [0, 0.1) is 5.82 Å². The van der Waals surface area contributed by atoms with Gasteiger partial charge in [-0.3, -0.25) is 0 Å². The zero-order valence-corrected chi connectivity index (χ0v) is 13.8. The van der Waals surface area contributed by atoms with Gasteiger partial charge in [-0.05, 0) is 42.3 Å². The van der Waals surface area contributed by atoms with Crippen LogP contribution in [-0.4, -0.2) is 22.3 Å². The molecule has 2 aromatic carbocycles. The summed E-state index contributed by atoms with van der Waals surface area (Å²) in [6.07, 6.45) is 2.70. The highest BCUT2D eigenvalue weighted by atomic mass is 19.1. The van der Waals surface area contributed by atoms with Gasteiger partial charge in [0, 0.05) is 12.7 Å². The second-order valence-electron chi connectivity index (χ2n) is 5.59. The fourth-order valence-corrected chi connectivity index (χ4v) is 2.39. The smallest absolute Gasteiger partial charge is 0.188 e. The first-order valence-electron chi connectivity index (χ1n) is 8.09. The lowest BCUT2D eigenvalue weighted by Gasteiger charge is -2.05. The zero-order valence-electron chi connectivity index (χ0n) is 13.8. The monoisotopic (exact) mass is 337 g/mol. The van der Waals surface area contributed by atoms with E-state index in [0.717, 1.165) is 24.3 Å². The molecule has 0 fully saturated rings. The van der Waals surface area contributed by atoms with Gasteiger partial charge in [0.1, 0.15) is 5.82 Å². The summed E-state index contributed by atoms with van der Waals surface area (Å²) < 4.78 is 14.6. The van der Waals surface area contributed by atoms with Gasteiger partial charge >= 0.3 is 0 Å². The standard InChI is InChI=1S/C19H20FN5/c20-16-6-8-18(9-7-16)25-13-11-17(24-25)14-23-19(21)22-12-10-15-4-2-1-3-5-15/h1-9,11,13H,10,12,14H2,(H3,21,22,23). The molecule has 0 aliphatic heterocycles. The molecule has 0 atom stereocenters. The van der Waals surface area contributed by atoms with Gasteiger partial charge in [0.05, 0.1) is 17.9 Å². The number of aromatic nitrogens is 2. The predicted molar refractivity (Wildman–Crippen MR) is 97.0 cm³/mol. The van der Waals surface area contributed by atoms with E-state index >= 15 is 0 Å². The molecule has 3 aromatic rings. The van der Waals surface area contributed by atoms with E-state index in [1.807, 2.05) is 30.5 Å². The van der Waals surface area contributed by atoms with Crippen molar-refractivity contribution in [1.82, 2.24) is 15.1 Å². The lowest BCUT2D eigenvalue weighted by atomic mass is 10.1. The van der Waals surface area contributed by atoms with E-state index in [1.165, 1.54) is 17.7 Å². The molecule has 25 heavy (non-hydrogen) atoms. The van der Waals surface area contributed by atoms with Crippen LogP contribution >= 0.6 is 0 Å². The molecule has 0 unspecified atom stereocenters. The third-order valence-corrected chi connectivity index (χ3v) is 3.71. The zero-order chi connectivity index (χ0) is 17.5. The maximum absolute atomic E-state index is 13.0. The second kappa shape index (κ2) is 8.10. The van der Waals surface area contributed by atoms with Gasteiger partial charge in [-0.1, -0.05) is 30.3 Å². The van der Waals surface area contributed by atoms with Gasteiger partial charge in [0.25, 0.3) is 0 Å². The summed E-state index contributed by atoms with van der Waals surface area (Å²) in [7, 11) is 0. The molecule has 128 valence electrons. The molecule has 0 saturated carbocycles. The molecule has 0 radical (unpaired) electrons. The molecule has 5 nitrogen and oxygen atoms in total. The Hall–Kier alpha value is -3.15. The minimum atomic E-state index is -0.268. The highest BCUT2D eigenvalue weighted by molar-refractivity contribution is 5.77. The van der Waals surface area contributed by atoms with Crippen LogP contribution in [0.5, 0.6) is 0 Å². The Balaban J connectivity index is 1.50. The molecule has 3 N–H and O–H groups in total. The quantitative estimate of drug-likeness (QED) is 0.537. The Labute approximate surface area is 146 Å². The van der Waals surface area contributed by atoms with Crippen LogP contribution < -0.4 is 11.1 Å². The summed E-state index contributed by atoms with van der Waals surface area (Å²) in [6.45, 7) is 1.11. The van der Waals surface area contributed by atoms with Gasteiger partial charge in [0.2, 0.25) is 0 Å². The van der Waals surface area contributed by atoms with Crippen molar-refractivity contribution >= 4 is 5.96 Å². The molecule has 1 heterocycles. The first-order valence-corrected chi connectivity index (χ1v) is 8.09. The Kier molecular flexibility index (Phi) is 5.41. The van der Waals surface area contributed by atoms with E-state index in [2.05, 4.69) is 27.5 Å². The summed E-state index contributed by atoms with van der Waals surface area (Å²) in [6, 6.07) is 18.2. The van der Waals surface area contributed by atoms with Crippen LogP contribution in [0.25, 0.3) is 5.69 Å². The van der Waals surface area contributed by atoms with Crippen molar-refractivity contribution in [2.45, 2.75) is 13.0 Å². The largest absolute Gasteiger partial charge is 0.370 e. The molecular formula is C19H20FN5. The molecule has 0 bridgehead atoms. The summed E-state index contributed by atoms with van der Waals surface area (Å²) in [5.41, 5.74) is 8.72. The van der Waals surface area contributed by atoms with E-state index in [0.29, 0.717) is 12.5 Å². The summed E-state index contributed by atoms with van der Waals surface area (Å²) in [5.74, 6) is 0.127. The third kappa shape index (κ3) is 4.91. The second-order valence-corrected chi connectivity index (χ2v) is 5.59. The first-order chi connectivity index (χ1) is 12.2. The average Bonchev–Trinajstić information content (AvgIpc) is 3.10. The number of nitrogens with one attached hydrogen (secondary N) is 1. The number of halogens is 1. The van der Waals surface area contributed by atoms with Gasteiger partial charge < -0.3 is 11.1 Å². The number of guanidine groups is 1. The average molecular weight is 337 g/mol. The lowest BCUT2D eigenvalue weighted by Crippen LogP contribution is -2.33. The van der Waals surface area contributed by atoms with Gasteiger partial charge in [-0.25, -0.2) is 14.1 Å². The minimum Gasteiger partial charge on any atom is -0.370 e. The van der Waals surface area contributed by atoms with Crippen molar-refractivity contribution in [2.24, 2.45) is 10.7 Å². The Bertz CT molecular complexity index is 825. The number of aliphatic imine (C=N–C) groups is 1. The van der Waals surface area contributed by atoms with Gasteiger partial charge in [0.15, 0.2) is 5.96 Å².